The number of carbonyl (C=O) groups excluding carboxylic acids is 1. The first-order valence-corrected chi connectivity index (χ1v) is 10.2. The molecule has 6 heteroatoms. The monoisotopic (exact) mass is 390 g/mol. The molecule has 2 aliphatic rings. The van der Waals surface area contributed by atoms with Crippen molar-refractivity contribution in [3.8, 4) is 6.07 Å². The summed E-state index contributed by atoms with van der Waals surface area (Å²) in [6.45, 7) is 4.27. The fourth-order valence-electron chi connectivity index (χ4n) is 4.36. The normalized spacial score (nSPS) is 22.3. The van der Waals surface area contributed by atoms with Gasteiger partial charge in [-0.1, -0.05) is 17.7 Å². The van der Waals surface area contributed by atoms with Gasteiger partial charge in [-0.2, -0.15) is 5.26 Å². The van der Waals surface area contributed by atoms with Crippen LogP contribution in [0.4, 0.5) is 5.82 Å². The van der Waals surface area contributed by atoms with Crippen LogP contribution >= 0.6 is 0 Å². The Morgan fingerprint density at radius 1 is 1.24 bits per heavy atom. The molecule has 2 atom stereocenters. The topological polar surface area (TPSA) is 78.2 Å². The second-order valence-corrected chi connectivity index (χ2v) is 7.92. The number of likely N-dealkylation sites (tertiary alicyclic amines) is 1. The third-order valence-electron chi connectivity index (χ3n) is 5.92. The van der Waals surface area contributed by atoms with Gasteiger partial charge in [-0.25, -0.2) is 4.98 Å². The molecule has 1 aromatic carbocycles. The molecule has 6 nitrogen and oxygen atoms in total. The van der Waals surface area contributed by atoms with E-state index in [0.717, 1.165) is 55.9 Å². The highest BCUT2D eigenvalue weighted by Crippen LogP contribution is 2.31. The Bertz CT molecular complexity index is 898. The Kier molecular flexibility index (Phi) is 5.77. The van der Waals surface area contributed by atoms with E-state index in [2.05, 4.69) is 16.4 Å². The van der Waals surface area contributed by atoms with Gasteiger partial charge in [0.2, 0.25) is 0 Å². The number of pyridine rings is 1. The smallest absolute Gasteiger partial charge is 0.253 e. The van der Waals surface area contributed by atoms with Crippen molar-refractivity contribution in [3.05, 3.63) is 59.3 Å². The van der Waals surface area contributed by atoms with Gasteiger partial charge in [-0.3, -0.25) is 4.79 Å². The van der Waals surface area contributed by atoms with Crippen LogP contribution in [0.2, 0.25) is 0 Å². The van der Waals surface area contributed by atoms with Crippen molar-refractivity contribution in [3.63, 3.8) is 0 Å². The number of carbonyl (C=O) groups is 1. The first-order valence-electron chi connectivity index (χ1n) is 10.2. The summed E-state index contributed by atoms with van der Waals surface area (Å²) in [5.74, 6) is 1.32. The van der Waals surface area contributed by atoms with Gasteiger partial charge in [0.25, 0.3) is 5.91 Å². The van der Waals surface area contributed by atoms with Gasteiger partial charge in [0, 0.05) is 31.5 Å². The molecular weight excluding hydrogens is 364 g/mol. The van der Waals surface area contributed by atoms with Crippen LogP contribution in [0.15, 0.2) is 42.6 Å². The molecule has 2 aromatic rings. The maximum Gasteiger partial charge on any atom is 0.253 e. The van der Waals surface area contributed by atoms with Crippen molar-refractivity contribution in [2.45, 2.75) is 38.3 Å². The molecule has 0 radical (unpaired) electrons. The van der Waals surface area contributed by atoms with Crippen LogP contribution in [0.5, 0.6) is 0 Å². The Morgan fingerprint density at radius 3 is 2.76 bits per heavy atom. The van der Waals surface area contributed by atoms with Crippen LogP contribution in [-0.2, 0) is 4.74 Å². The summed E-state index contributed by atoms with van der Waals surface area (Å²) in [5.41, 5.74) is 2.43. The largest absolute Gasteiger partial charge is 0.376 e. The lowest BCUT2D eigenvalue weighted by Crippen LogP contribution is -2.44. The number of amides is 1. The number of benzene rings is 1. The molecule has 1 amide bonds. The highest BCUT2D eigenvalue weighted by atomic mass is 16.5. The van der Waals surface area contributed by atoms with Crippen LogP contribution in [0.3, 0.4) is 0 Å². The summed E-state index contributed by atoms with van der Waals surface area (Å²) in [6.07, 6.45) is 4.54. The van der Waals surface area contributed by atoms with E-state index in [1.54, 1.807) is 12.3 Å². The van der Waals surface area contributed by atoms with E-state index in [9.17, 15) is 4.79 Å². The molecule has 2 fully saturated rings. The highest BCUT2D eigenvalue weighted by molar-refractivity contribution is 5.94. The molecule has 0 saturated carbocycles. The Morgan fingerprint density at radius 2 is 2.07 bits per heavy atom. The number of aryl methyl sites for hydroxylation is 1. The van der Waals surface area contributed by atoms with Crippen LogP contribution in [-0.4, -0.2) is 47.6 Å². The fraction of sp³-hybridized carbons (Fsp3) is 0.435. The predicted molar refractivity (Wildman–Crippen MR) is 111 cm³/mol. The number of hydrogen-bond acceptors (Lipinski definition) is 5. The van der Waals surface area contributed by atoms with Gasteiger partial charge in [-0.15, -0.1) is 0 Å². The van der Waals surface area contributed by atoms with Crippen molar-refractivity contribution in [1.82, 2.24) is 9.88 Å². The number of nitriles is 1. The maximum atomic E-state index is 12.8. The first-order chi connectivity index (χ1) is 14.1. The van der Waals surface area contributed by atoms with E-state index in [1.165, 1.54) is 0 Å². The van der Waals surface area contributed by atoms with Crippen molar-refractivity contribution in [2.24, 2.45) is 5.92 Å². The first kappa shape index (κ1) is 19.4. The van der Waals surface area contributed by atoms with Gasteiger partial charge in [0.15, 0.2) is 0 Å². The number of nitrogens with one attached hydrogen (secondary N) is 1. The van der Waals surface area contributed by atoms with Crippen molar-refractivity contribution < 1.29 is 9.53 Å². The summed E-state index contributed by atoms with van der Waals surface area (Å²) in [5, 5.41) is 12.4. The zero-order valence-corrected chi connectivity index (χ0v) is 16.7. The van der Waals surface area contributed by atoms with E-state index in [0.29, 0.717) is 11.5 Å². The van der Waals surface area contributed by atoms with Crippen LogP contribution < -0.4 is 5.32 Å². The Balaban J connectivity index is 1.34. The molecule has 150 valence electrons. The summed E-state index contributed by atoms with van der Waals surface area (Å²) < 4.78 is 6.07. The van der Waals surface area contributed by atoms with Crippen LogP contribution in [0, 0.1) is 24.2 Å². The molecular formula is C23H26N4O2. The van der Waals surface area contributed by atoms with Gasteiger partial charge in [-0.05, 0) is 56.4 Å². The molecule has 2 aliphatic heterocycles. The van der Waals surface area contributed by atoms with Crippen molar-refractivity contribution >= 4 is 11.7 Å². The number of rotatable bonds is 4. The number of nitrogens with zero attached hydrogens (tertiary/aromatic N) is 3. The quantitative estimate of drug-likeness (QED) is 0.866. The summed E-state index contributed by atoms with van der Waals surface area (Å²) in [4.78, 5) is 19.1. The zero-order valence-electron chi connectivity index (χ0n) is 16.7. The van der Waals surface area contributed by atoms with E-state index in [1.807, 2.05) is 42.2 Å². The average molecular weight is 390 g/mol. The van der Waals surface area contributed by atoms with Gasteiger partial charge in [0.05, 0.1) is 17.7 Å². The second-order valence-electron chi connectivity index (χ2n) is 7.92. The van der Waals surface area contributed by atoms with Gasteiger partial charge >= 0.3 is 0 Å². The van der Waals surface area contributed by atoms with Gasteiger partial charge < -0.3 is 15.0 Å². The lowest BCUT2D eigenvalue weighted by molar-refractivity contribution is 0.0260. The third-order valence-corrected chi connectivity index (χ3v) is 5.92. The molecule has 0 unspecified atom stereocenters. The van der Waals surface area contributed by atoms with E-state index in [-0.39, 0.29) is 18.1 Å². The van der Waals surface area contributed by atoms with Gasteiger partial charge in [0.1, 0.15) is 11.9 Å². The van der Waals surface area contributed by atoms with Crippen molar-refractivity contribution in [1.29, 1.82) is 5.26 Å². The highest BCUT2D eigenvalue weighted by Gasteiger charge is 2.37. The number of ether oxygens (including phenoxy) is 1. The Hall–Kier alpha value is -2.91. The number of aromatic nitrogens is 1. The summed E-state index contributed by atoms with van der Waals surface area (Å²) >= 11 is 0. The molecule has 0 bridgehead atoms. The SMILES string of the molecule is Cc1cccc(C(=O)N2CCC([C@@H]3OCC[C@H]3Nc3ccc(C#N)cn3)CC2)c1. The maximum absolute atomic E-state index is 12.8. The zero-order chi connectivity index (χ0) is 20.2. The third kappa shape index (κ3) is 4.41. The molecule has 29 heavy (non-hydrogen) atoms. The predicted octanol–water partition coefficient (Wildman–Crippen LogP) is 3.38. The Labute approximate surface area is 171 Å². The second kappa shape index (κ2) is 8.62. The molecule has 1 N–H and O–H groups in total. The van der Waals surface area contributed by atoms with Crippen LogP contribution in [0.25, 0.3) is 0 Å². The molecule has 4 rings (SSSR count). The molecule has 0 aliphatic carbocycles. The number of hydrogen-bond donors (Lipinski definition) is 1. The molecule has 0 spiro atoms. The lowest BCUT2D eigenvalue weighted by Gasteiger charge is -2.36. The lowest BCUT2D eigenvalue weighted by atomic mass is 9.87. The van der Waals surface area contributed by atoms with Crippen molar-refractivity contribution in [2.75, 3.05) is 25.0 Å². The minimum atomic E-state index is 0.121. The van der Waals surface area contributed by atoms with E-state index < -0.39 is 0 Å². The summed E-state index contributed by atoms with van der Waals surface area (Å²) in [7, 11) is 0. The number of anilines is 1. The standard InChI is InChI=1S/C23H26N4O2/c1-16-3-2-4-19(13-16)23(28)27-10-7-18(8-11-27)22-20(9-12-29-22)26-21-6-5-17(14-24)15-25-21/h2-6,13,15,18,20,22H,7-12H2,1H3,(H,25,26)/t20-,22+/m1/s1. The summed E-state index contributed by atoms with van der Waals surface area (Å²) in [6, 6.07) is 13.7. The minimum absolute atomic E-state index is 0.121. The van der Waals surface area contributed by atoms with Crippen LogP contribution in [0.1, 0.15) is 40.7 Å². The molecule has 1 aromatic heterocycles. The number of piperidine rings is 1. The average Bonchev–Trinajstić information content (AvgIpc) is 3.22. The minimum Gasteiger partial charge on any atom is -0.376 e. The van der Waals surface area contributed by atoms with E-state index >= 15 is 0 Å². The molecule has 3 heterocycles. The fourth-order valence-corrected chi connectivity index (χ4v) is 4.36. The van der Waals surface area contributed by atoms with E-state index in [4.69, 9.17) is 10.00 Å². The molecule has 2 saturated heterocycles.